The predicted octanol–water partition coefficient (Wildman–Crippen LogP) is 3.95. The summed E-state index contributed by atoms with van der Waals surface area (Å²) in [5, 5.41) is 0.731. The molecular formula is C21H26ClN3O2. The molecule has 1 aromatic carbocycles. The molecular weight excluding hydrogens is 362 g/mol. The fourth-order valence-corrected chi connectivity index (χ4v) is 4.29. The molecule has 0 spiro atoms. The van der Waals surface area contributed by atoms with Gasteiger partial charge in [-0.2, -0.15) is 0 Å². The summed E-state index contributed by atoms with van der Waals surface area (Å²) in [6, 6.07) is 8.62. The van der Waals surface area contributed by atoms with Crippen LogP contribution in [0.5, 0.6) is 11.5 Å². The van der Waals surface area contributed by atoms with E-state index in [-0.39, 0.29) is 6.79 Å². The van der Waals surface area contributed by atoms with Crippen LogP contribution >= 0.6 is 11.6 Å². The fraction of sp³-hybridized carbons (Fsp3) is 0.476. The number of ether oxygens (including phenoxy) is 2. The first-order chi connectivity index (χ1) is 13.2. The van der Waals surface area contributed by atoms with Crippen LogP contribution in [0.4, 0.5) is 0 Å². The van der Waals surface area contributed by atoms with E-state index in [0.29, 0.717) is 6.04 Å². The summed E-state index contributed by atoms with van der Waals surface area (Å²) in [6.07, 6.45) is 6.30. The number of benzene rings is 1. The molecule has 0 saturated carbocycles. The maximum absolute atomic E-state index is 6.54. The third-order valence-electron chi connectivity index (χ3n) is 5.44. The second kappa shape index (κ2) is 8.46. The Morgan fingerprint density at radius 2 is 2.11 bits per heavy atom. The van der Waals surface area contributed by atoms with Gasteiger partial charge in [-0.3, -0.25) is 14.8 Å². The van der Waals surface area contributed by atoms with Gasteiger partial charge >= 0.3 is 0 Å². The lowest BCUT2D eigenvalue weighted by atomic mass is 10.1. The van der Waals surface area contributed by atoms with Gasteiger partial charge in [0.1, 0.15) is 0 Å². The molecule has 6 heteroatoms. The van der Waals surface area contributed by atoms with Crippen LogP contribution in [0.15, 0.2) is 36.7 Å². The van der Waals surface area contributed by atoms with E-state index in [2.05, 4.69) is 27.8 Å². The number of aromatic nitrogens is 1. The van der Waals surface area contributed by atoms with Crippen molar-refractivity contribution in [3.05, 3.63) is 52.8 Å². The quantitative estimate of drug-likeness (QED) is 0.719. The van der Waals surface area contributed by atoms with Crippen molar-refractivity contribution in [2.75, 3.05) is 26.4 Å². The number of likely N-dealkylation sites (N-methyl/N-ethyl adjacent to an activating group) is 1. The summed E-state index contributed by atoms with van der Waals surface area (Å²) in [5.41, 5.74) is 2.29. The average molecular weight is 388 g/mol. The van der Waals surface area contributed by atoms with Gasteiger partial charge in [-0.1, -0.05) is 24.6 Å². The van der Waals surface area contributed by atoms with Crippen LogP contribution in [0.2, 0.25) is 5.02 Å². The molecule has 1 fully saturated rings. The Morgan fingerprint density at radius 3 is 2.89 bits per heavy atom. The minimum absolute atomic E-state index is 0.266. The first-order valence-electron chi connectivity index (χ1n) is 9.66. The lowest BCUT2D eigenvalue weighted by Gasteiger charge is -2.30. The first kappa shape index (κ1) is 18.5. The summed E-state index contributed by atoms with van der Waals surface area (Å²) >= 11 is 6.54. The number of fused-ring (bicyclic) bond motifs is 1. The van der Waals surface area contributed by atoms with Crippen LogP contribution in [-0.4, -0.2) is 47.3 Å². The summed E-state index contributed by atoms with van der Waals surface area (Å²) in [5.74, 6) is 1.52. The Kier molecular flexibility index (Phi) is 5.81. The van der Waals surface area contributed by atoms with Gasteiger partial charge in [-0.15, -0.1) is 0 Å². The van der Waals surface area contributed by atoms with E-state index < -0.39 is 0 Å². The van der Waals surface area contributed by atoms with Crippen LogP contribution in [0.1, 0.15) is 30.9 Å². The van der Waals surface area contributed by atoms with Gasteiger partial charge in [0.15, 0.2) is 11.5 Å². The SMILES string of the molecule is CCN1CCC[C@@H]1CN(Cc1cccnc1)Cc1cc2c(cc1Cl)OCO2. The fourth-order valence-electron chi connectivity index (χ4n) is 4.07. The smallest absolute Gasteiger partial charge is 0.231 e. The highest BCUT2D eigenvalue weighted by atomic mass is 35.5. The molecule has 1 saturated heterocycles. The number of likely N-dealkylation sites (tertiary alicyclic amines) is 1. The van der Waals surface area contributed by atoms with Gasteiger partial charge in [0, 0.05) is 49.2 Å². The maximum Gasteiger partial charge on any atom is 0.231 e. The molecule has 144 valence electrons. The predicted molar refractivity (Wildman–Crippen MR) is 106 cm³/mol. The Labute approximate surface area is 165 Å². The van der Waals surface area contributed by atoms with Gasteiger partial charge in [-0.05, 0) is 49.2 Å². The molecule has 0 N–H and O–H groups in total. The maximum atomic E-state index is 6.54. The Morgan fingerprint density at radius 1 is 1.26 bits per heavy atom. The number of nitrogens with zero attached hydrogens (tertiary/aromatic N) is 3. The molecule has 3 heterocycles. The molecule has 1 aromatic heterocycles. The molecule has 1 atom stereocenters. The summed E-state index contributed by atoms with van der Waals surface area (Å²) in [4.78, 5) is 9.32. The number of halogens is 1. The van der Waals surface area contributed by atoms with Crippen LogP contribution in [0.3, 0.4) is 0 Å². The standard InChI is InChI=1S/C21H26ClN3O2/c1-2-25-8-4-6-18(25)14-24(12-16-5-3-7-23-11-16)13-17-9-20-21(10-19(17)22)27-15-26-20/h3,5,7,9-11,18H,2,4,6,8,12-15H2,1H3/t18-/m1/s1. The highest BCUT2D eigenvalue weighted by Crippen LogP contribution is 2.37. The monoisotopic (exact) mass is 387 g/mol. The molecule has 0 aliphatic carbocycles. The molecule has 2 aliphatic rings. The molecule has 2 aliphatic heterocycles. The van der Waals surface area contributed by atoms with Crippen molar-refractivity contribution in [2.45, 2.75) is 38.9 Å². The molecule has 0 amide bonds. The van der Waals surface area contributed by atoms with E-state index in [1.54, 1.807) is 0 Å². The highest BCUT2D eigenvalue weighted by molar-refractivity contribution is 6.31. The molecule has 0 unspecified atom stereocenters. The third-order valence-corrected chi connectivity index (χ3v) is 5.79. The molecule has 5 nitrogen and oxygen atoms in total. The lowest BCUT2D eigenvalue weighted by molar-refractivity contribution is 0.165. The van der Waals surface area contributed by atoms with Crippen LogP contribution in [0, 0.1) is 0 Å². The van der Waals surface area contributed by atoms with E-state index in [1.165, 1.54) is 24.9 Å². The van der Waals surface area contributed by atoms with Gasteiger partial charge in [0.2, 0.25) is 6.79 Å². The van der Waals surface area contributed by atoms with Gasteiger partial charge < -0.3 is 9.47 Å². The van der Waals surface area contributed by atoms with E-state index in [9.17, 15) is 0 Å². The van der Waals surface area contributed by atoms with E-state index in [0.717, 1.165) is 48.3 Å². The molecule has 0 radical (unpaired) electrons. The number of pyridine rings is 1. The molecule has 4 rings (SSSR count). The Hall–Kier alpha value is -1.82. The van der Waals surface area contributed by atoms with Crippen molar-refractivity contribution >= 4 is 11.6 Å². The van der Waals surface area contributed by atoms with Crippen LogP contribution in [-0.2, 0) is 13.1 Å². The van der Waals surface area contributed by atoms with Crippen molar-refractivity contribution in [1.29, 1.82) is 0 Å². The van der Waals surface area contributed by atoms with E-state index in [1.807, 2.05) is 30.6 Å². The summed E-state index contributed by atoms with van der Waals surface area (Å²) in [6.45, 7) is 7.47. The second-order valence-electron chi connectivity index (χ2n) is 7.25. The van der Waals surface area contributed by atoms with E-state index in [4.69, 9.17) is 21.1 Å². The number of hydrogen-bond donors (Lipinski definition) is 0. The first-order valence-corrected chi connectivity index (χ1v) is 10.0. The highest BCUT2D eigenvalue weighted by Gasteiger charge is 2.26. The van der Waals surface area contributed by atoms with Gasteiger partial charge in [0.05, 0.1) is 0 Å². The second-order valence-corrected chi connectivity index (χ2v) is 7.66. The van der Waals surface area contributed by atoms with E-state index >= 15 is 0 Å². The Bertz CT molecular complexity index is 772. The van der Waals surface area contributed by atoms with Crippen molar-refractivity contribution in [1.82, 2.24) is 14.8 Å². The lowest BCUT2D eigenvalue weighted by Crippen LogP contribution is -2.39. The van der Waals surface area contributed by atoms with Crippen LogP contribution in [0.25, 0.3) is 0 Å². The Balaban J connectivity index is 1.54. The minimum Gasteiger partial charge on any atom is -0.454 e. The largest absolute Gasteiger partial charge is 0.454 e. The number of hydrogen-bond acceptors (Lipinski definition) is 5. The average Bonchev–Trinajstić information content (AvgIpc) is 3.31. The number of rotatable bonds is 7. The zero-order valence-electron chi connectivity index (χ0n) is 15.7. The summed E-state index contributed by atoms with van der Waals surface area (Å²) < 4.78 is 11.0. The molecule has 27 heavy (non-hydrogen) atoms. The van der Waals surface area contributed by atoms with Crippen LogP contribution < -0.4 is 9.47 Å². The van der Waals surface area contributed by atoms with Crippen molar-refractivity contribution < 1.29 is 9.47 Å². The van der Waals surface area contributed by atoms with Gasteiger partial charge in [-0.25, -0.2) is 0 Å². The van der Waals surface area contributed by atoms with Crippen molar-refractivity contribution in [2.24, 2.45) is 0 Å². The molecule has 0 bridgehead atoms. The minimum atomic E-state index is 0.266. The zero-order valence-corrected chi connectivity index (χ0v) is 16.5. The van der Waals surface area contributed by atoms with Crippen molar-refractivity contribution in [3.63, 3.8) is 0 Å². The third kappa shape index (κ3) is 4.37. The molecule has 2 aromatic rings. The summed E-state index contributed by atoms with van der Waals surface area (Å²) in [7, 11) is 0. The topological polar surface area (TPSA) is 37.8 Å². The van der Waals surface area contributed by atoms with Crippen molar-refractivity contribution in [3.8, 4) is 11.5 Å². The van der Waals surface area contributed by atoms with Gasteiger partial charge in [0.25, 0.3) is 0 Å². The normalized spacial score (nSPS) is 19.1. The zero-order chi connectivity index (χ0) is 18.6.